The molecule has 3 aromatic heterocycles. The van der Waals surface area contributed by atoms with Gasteiger partial charge in [0.25, 0.3) is 0 Å². The van der Waals surface area contributed by atoms with Gasteiger partial charge in [-0.1, -0.05) is 24.3 Å². The summed E-state index contributed by atoms with van der Waals surface area (Å²) in [6, 6.07) is 22.7. The summed E-state index contributed by atoms with van der Waals surface area (Å²) in [6.45, 7) is 0. The first-order valence-corrected chi connectivity index (χ1v) is 10.1. The van der Waals surface area contributed by atoms with Gasteiger partial charge in [0.2, 0.25) is 0 Å². The molecule has 0 N–H and O–H groups in total. The molecule has 0 unspecified atom stereocenters. The Balaban J connectivity index is 1.56. The Bertz CT molecular complexity index is 1660. The summed E-state index contributed by atoms with van der Waals surface area (Å²) in [4.78, 5) is 9.01. The van der Waals surface area contributed by atoms with E-state index in [0.29, 0.717) is 16.8 Å². The number of benzene rings is 3. The highest BCUT2D eigenvalue weighted by molar-refractivity contribution is 6.04. The number of para-hydroxylation sites is 1. The molecule has 3 aromatic carbocycles. The van der Waals surface area contributed by atoms with Gasteiger partial charge in [-0.2, -0.15) is 5.26 Å². The monoisotopic (exact) mass is 418 g/mol. The second kappa shape index (κ2) is 7.03. The smallest absolute Gasteiger partial charge is 0.135 e. The maximum absolute atomic E-state index is 14.5. The molecule has 0 aliphatic heterocycles. The quantitative estimate of drug-likeness (QED) is 0.344. The molecule has 0 fully saturated rings. The van der Waals surface area contributed by atoms with Crippen LogP contribution in [0.1, 0.15) is 5.56 Å². The van der Waals surface area contributed by atoms with E-state index in [9.17, 15) is 4.39 Å². The molecule has 0 spiro atoms. The van der Waals surface area contributed by atoms with Crippen molar-refractivity contribution in [1.29, 1.82) is 5.26 Å². The maximum atomic E-state index is 14.5. The van der Waals surface area contributed by atoms with Crippen molar-refractivity contribution >= 4 is 32.9 Å². The first-order chi connectivity index (χ1) is 15.7. The minimum atomic E-state index is -0.410. The number of imidazole rings is 1. The zero-order valence-corrected chi connectivity index (χ0v) is 16.8. The van der Waals surface area contributed by atoms with Crippen LogP contribution in [0.3, 0.4) is 0 Å². The number of halogens is 1. The van der Waals surface area contributed by atoms with Crippen LogP contribution < -0.4 is 0 Å². The second-order valence-electron chi connectivity index (χ2n) is 7.60. The Morgan fingerprint density at radius 3 is 2.72 bits per heavy atom. The number of nitrogens with zero attached hydrogens (tertiary/aromatic N) is 4. The lowest BCUT2D eigenvalue weighted by atomic mass is 10.1. The van der Waals surface area contributed by atoms with E-state index in [1.165, 1.54) is 6.07 Å². The summed E-state index contributed by atoms with van der Waals surface area (Å²) in [5.74, 6) is 0.357. The van der Waals surface area contributed by atoms with Gasteiger partial charge in [-0.05, 0) is 42.5 Å². The molecule has 0 saturated carbocycles. The van der Waals surface area contributed by atoms with Gasteiger partial charge in [0.15, 0.2) is 0 Å². The average molecular weight is 418 g/mol. The molecule has 0 bridgehead atoms. The van der Waals surface area contributed by atoms with Gasteiger partial charge in [0.05, 0.1) is 35.4 Å². The van der Waals surface area contributed by atoms with E-state index in [-0.39, 0.29) is 6.42 Å². The molecule has 6 heteroatoms. The maximum Gasteiger partial charge on any atom is 0.135 e. The number of furan rings is 1. The summed E-state index contributed by atoms with van der Waals surface area (Å²) in [5.41, 5.74) is 5.11. The first-order valence-electron chi connectivity index (χ1n) is 10.1. The predicted molar refractivity (Wildman–Crippen MR) is 121 cm³/mol. The van der Waals surface area contributed by atoms with Crippen LogP contribution in [0.15, 0.2) is 83.7 Å². The second-order valence-corrected chi connectivity index (χ2v) is 7.60. The van der Waals surface area contributed by atoms with Crippen molar-refractivity contribution in [3.8, 4) is 23.1 Å². The average Bonchev–Trinajstić information content (AvgIpc) is 3.45. The number of rotatable bonds is 3. The summed E-state index contributed by atoms with van der Waals surface area (Å²) in [6.07, 6.45) is 3.42. The molecule has 6 rings (SSSR count). The van der Waals surface area contributed by atoms with E-state index >= 15 is 0 Å². The predicted octanol–water partition coefficient (Wildman–Crippen LogP) is 6.19. The minimum Gasteiger partial charge on any atom is -0.456 e. The molecule has 152 valence electrons. The lowest BCUT2D eigenvalue weighted by molar-refractivity contribution is 0.614. The Hall–Kier alpha value is -4.50. The van der Waals surface area contributed by atoms with Gasteiger partial charge < -0.3 is 4.42 Å². The zero-order chi connectivity index (χ0) is 21.7. The normalized spacial score (nSPS) is 11.4. The Morgan fingerprint density at radius 1 is 0.969 bits per heavy atom. The van der Waals surface area contributed by atoms with Crippen molar-refractivity contribution in [3.63, 3.8) is 0 Å². The van der Waals surface area contributed by atoms with Gasteiger partial charge in [0, 0.05) is 21.9 Å². The van der Waals surface area contributed by atoms with Crippen LogP contribution in [0.5, 0.6) is 0 Å². The van der Waals surface area contributed by atoms with Crippen molar-refractivity contribution < 1.29 is 8.81 Å². The van der Waals surface area contributed by atoms with Crippen LogP contribution in [0.2, 0.25) is 0 Å². The van der Waals surface area contributed by atoms with Crippen LogP contribution in [0, 0.1) is 17.1 Å². The summed E-state index contributed by atoms with van der Waals surface area (Å²) >= 11 is 0. The highest BCUT2D eigenvalue weighted by Gasteiger charge is 2.14. The Labute approximate surface area is 182 Å². The zero-order valence-electron chi connectivity index (χ0n) is 16.8. The molecule has 3 heterocycles. The lowest BCUT2D eigenvalue weighted by Crippen LogP contribution is -1.97. The van der Waals surface area contributed by atoms with E-state index in [0.717, 1.165) is 38.7 Å². The number of nitriles is 1. The number of hydrogen-bond donors (Lipinski definition) is 0. The summed E-state index contributed by atoms with van der Waals surface area (Å²) in [7, 11) is 0. The van der Waals surface area contributed by atoms with Crippen LogP contribution in [0.25, 0.3) is 49.9 Å². The third-order valence-electron chi connectivity index (χ3n) is 5.67. The largest absolute Gasteiger partial charge is 0.456 e. The SMILES string of the molecule is N#CCc1ccc(-n2cnc3cnc4ccc(-c5cc6ccccc6o5)cc4c32)cc1F. The molecule has 0 radical (unpaired) electrons. The van der Waals surface area contributed by atoms with Gasteiger partial charge in [-0.15, -0.1) is 0 Å². The van der Waals surface area contributed by atoms with Gasteiger partial charge in [-0.25, -0.2) is 9.37 Å². The molecule has 0 aliphatic carbocycles. The minimum absolute atomic E-state index is 0.0322. The Morgan fingerprint density at radius 2 is 1.88 bits per heavy atom. The molecular weight excluding hydrogens is 403 g/mol. The number of aromatic nitrogens is 3. The fourth-order valence-corrected chi connectivity index (χ4v) is 4.08. The van der Waals surface area contributed by atoms with E-state index in [1.54, 1.807) is 24.7 Å². The van der Waals surface area contributed by atoms with Crippen molar-refractivity contribution in [2.75, 3.05) is 0 Å². The molecule has 32 heavy (non-hydrogen) atoms. The van der Waals surface area contributed by atoms with E-state index < -0.39 is 5.82 Å². The van der Waals surface area contributed by atoms with Crippen molar-refractivity contribution in [3.05, 3.63) is 90.6 Å². The molecule has 6 aromatic rings. The van der Waals surface area contributed by atoms with E-state index in [1.807, 2.05) is 59.2 Å². The van der Waals surface area contributed by atoms with Gasteiger partial charge in [-0.3, -0.25) is 9.55 Å². The molecule has 0 saturated heterocycles. The highest BCUT2D eigenvalue weighted by atomic mass is 19.1. The van der Waals surface area contributed by atoms with E-state index in [4.69, 9.17) is 9.68 Å². The third-order valence-corrected chi connectivity index (χ3v) is 5.67. The molecule has 0 aliphatic rings. The van der Waals surface area contributed by atoms with Crippen LogP contribution in [-0.4, -0.2) is 14.5 Å². The first kappa shape index (κ1) is 18.3. The van der Waals surface area contributed by atoms with Crippen molar-refractivity contribution in [2.24, 2.45) is 0 Å². The highest BCUT2D eigenvalue weighted by Crippen LogP contribution is 2.33. The van der Waals surface area contributed by atoms with Crippen LogP contribution >= 0.6 is 0 Å². The van der Waals surface area contributed by atoms with Gasteiger partial charge in [0.1, 0.15) is 29.0 Å². The Kier molecular flexibility index (Phi) is 4.02. The lowest BCUT2D eigenvalue weighted by Gasteiger charge is -2.09. The van der Waals surface area contributed by atoms with Gasteiger partial charge >= 0.3 is 0 Å². The molecular formula is C26H15FN4O. The van der Waals surface area contributed by atoms with E-state index in [2.05, 4.69) is 9.97 Å². The number of fused-ring (bicyclic) bond motifs is 4. The number of hydrogen-bond acceptors (Lipinski definition) is 4. The fraction of sp³-hybridized carbons (Fsp3) is 0.0385. The van der Waals surface area contributed by atoms with Crippen molar-refractivity contribution in [1.82, 2.24) is 14.5 Å². The topological polar surface area (TPSA) is 67.6 Å². The van der Waals surface area contributed by atoms with Crippen LogP contribution in [0.4, 0.5) is 4.39 Å². The molecule has 0 atom stereocenters. The summed E-state index contributed by atoms with van der Waals surface area (Å²) < 4.78 is 22.4. The number of pyridine rings is 1. The van der Waals surface area contributed by atoms with Crippen LogP contribution in [-0.2, 0) is 6.42 Å². The molecule has 0 amide bonds. The summed E-state index contributed by atoms with van der Waals surface area (Å²) in [5, 5.41) is 10.8. The fourth-order valence-electron chi connectivity index (χ4n) is 4.08. The van der Waals surface area contributed by atoms with Crippen molar-refractivity contribution in [2.45, 2.75) is 6.42 Å². The third kappa shape index (κ3) is 2.83. The standard InChI is InChI=1S/C26H15FN4O/c27-21-13-19(7-5-16(21)9-10-28)31-15-30-23-14-29-22-8-6-18(11-20(22)26(23)31)25-12-17-3-1-2-4-24(17)32-25/h1-8,11-15H,9H2. The molecule has 5 nitrogen and oxygen atoms in total.